The van der Waals surface area contributed by atoms with Gasteiger partial charge in [-0.15, -0.1) is 12.6 Å². The van der Waals surface area contributed by atoms with Gasteiger partial charge in [-0.2, -0.15) is 8.42 Å². The molecule has 0 saturated heterocycles. The molecule has 1 rings (SSSR count). The van der Waals surface area contributed by atoms with Gasteiger partial charge in [-0.3, -0.25) is 4.55 Å². The molecule has 0 saturated carbocycles. The Bertz CT molecular complexity index is 411. The lowest BCUT2D eigenvalue weighted by atomic mass is 10.3. The maximum absolute atomic E-state index is 10.9. The maximum atomic E-state index is 10.9. The maximum Gasteiger partial charge on any atom is 0.299 e. The van der Waals surface area contributed by atoms with Crippen molar-refractivity contribution in [1.82, 2.24) is 0 Å². The first kappa shape index (κ1) is 10.4. The van der Waals surface area contributed by atoms with Gasteiger partial charge >= 0.3 is 0 Å². The number of hydrogen-bond donors (Lipinski definition) is 2. The van der Waals surface area contributed by atoms with E-state index in [-0.39, 0.29) is 15.5 Å². The minimum Gasteiger partial charge on any atom is -0.495 e. The lowest BCUT2D eigenvalue weighted by molar-refractivity contribution is 0.394. The molecular weight excluding hydrogens is 212 g/mol. The monoisotopic (exact) mass is 220 g/mol. The van der Waals surface area contributed by atoms with Gasteiger partial charge in [0.25, 0.3) is 10.1 Å². The molecule has 0 fully saturated rings. The first-order chi connectivity index (χ1) is 5.96. The number of benzene rings is 1. The molecule has 4 nitrogen and oxygen atoms in total. The van der Waals surface area contributed by atoms with Crippen LogP contribution in [0.5, 0.6) is 5.75 Å². The summed E-state index contributed by atoms with van der Waals surface area (Å²) in [7, 11) is -2.96. The first-order valence-electron chi connectivity index (χ1n) is 3.30. The molecule has 0 aliphatic carbocycles. The molecule has 13 heavy (non-hydrogen) atoms. The van der Waals surface area contributed by atoms with Crippen LogP contribution in [-0.2, 0) is 10.1 Å². The molecule has 0 spiro atoms. The van der Waals surface area contributed by atoms with Crippen LogP contribution in [-0.4, -0.2) is 20.1 Å². The highest BCUT2D eigenvalue weighted by molar-refractivity contribution is 7.87. The van der Waals surface area contributed by atoms with Crippen LogP contribution in [0.4, 0.5) is 0 Å². The summed E-state index contributed by atoms with van der Waals surface area (Å²) < 4.78 is 35.3. The number of ether oxygens (including phenoxy) is 1. The van der Waals surface area contributed by atoms with Crippen molar-refractivity contribution in [3.05, 3.63) is 18.2 Å². The predicted octanol–water partition coefficient (Wildman–Crippen LogP) is 1.23. The topological polar surface area (TPSA) is 63.6 Å². The largest absolute Gasteiger partial charge is 0.495 e. The molecule has 72 valence electrons. The predicted molar refractivity (Wildman–Crippen MR) is 50.1 cm³/mol. The normalized spacial score (nSPS) is 11.3. The van der Waals surface area contributed by atoms with Crippen LogP contribution < -0.4 is 4.74 Å². The standard InChI is InChI=1S/C7H8O4S2/c1-11-5-3-2-4-6(12)7(5)13(8,9)10/h2-4,12H,1H3,(H,8,9,10). The van der Waals surface area contributed by atoms with E-state index in [0.29, 0.717) is 0 Å². The van der Waals surface area contributed by atoms with Crippen LogP contribution in [0, 0.1) is 0 Å². The molecule has 0 radical (unpaired) electrons. The summed E-state index contributed by atoms with van der Waals surface area (Å²) >= 11 is 3.90. The second-order valence-electron chi connectivity index (χ2n) is 2.28. The lowest BCUT2D eigenvalue weighted by Gasteiger charge is -2.06. The molecular formula is C7H8O4S2. The molecule has 0 heterocycles. The lowest BCUT2D eigenvalue weighted by Crippen LogP contribution is -2.02. The van der Waals surface area contributed by atoms with Crippen molar-refractivity contribution in [3.8, 4) is 5.75 Å². The fourth-order valence-corrected chi connectivity index (χ4v) is 2.20. The summed E-state index contributed by atoms with van der Waals surface area (Å²) in [5, 5.41) is 0. The highest BCUT2D eigenvalue weighted by atomic mass is 32.2. The first-order valence-corrected chi connectivity index (χ1v) is 5.19. The van der Waals surface area contributed by atoms with Crippen molar-refractivity contribution in [2.75, 3.05) is 7.11 Å². The third-order valence-electron chi connectivity index (χ3n) is 1.44. The SMILES string of the molecule is COc1cccc(S)c1S(=O)(=O)O. The van der Waals surface area contributed by atoms with Crippen LogP contribution in [0.2, 0.25) is 0 Å². The van der Waals surface area contributed by atoms with Gasteiger partial charge in [-0.05, 0) is 12.1 Å². The van der Waals surface area contributed by atoms with Gasteiger partial charge in [0.15, 0.2) is 0 Å². The number of rotatable bonds is 2. The molecule has 1 N–H and O–H groups in total. The van der Waals surface area contributed by atoms with Crippen molar-refractivity contribution in [2.45, 2.75) is 9.79 Å². The molecule has 6 heteroatoms. The average Bonchev–Trinajstić information content (AvgIpc) is 2.01. The van der Waals surface area contributed by atoms with Crippen LogP contribution in [0.3, 0.4) is 0 Å². The number of methoxy groups -OCH3 is 1. The Balaban J connectivity index is 3.50. The van der Waals surface area contributed by atoms with Crippen LogP contribution in [0.1, 0.15) is 0 Å². The van der Waals surface area contributed by atoms with Crippen molar-refractivity contribution in [3.63, 3.8) is 0 Å². The number of thiol groups is 1. The molecule has 0 aromatic heterocycles. The molecule has 0 unspecified atom stereocenters. The fourth-order valence-electron chi connectivity index (χ4n) is 0.924. The van der Waals surface area contributed by atoms with Crippen LogP contribution >= 0.6 is 12.6 Å². The van der Waals surface area contributed by atoms with E-state index < -0.39 is 10.1 Å². The second-order valence-corrected chi connectivity index (χ2v) is 4.12. The Morgan fingerprint density at radius 3 is 2.46 bits per heavy atom. The minimum absolute atomic E-state index is 0.0787. The van der Waals surface area contributed by atoms with E-state index >= 15 is 0 Å². The zero-order chi connectivity index (χ0) is 10.1. The summed E-state index contributed by atoms with van der Waals surface area (Å²) in [5.74, 6) is 0.0787. The van der Waals surface area contributed by atoms with Crippen molar-refractivity contribution in [1.29, 1.82) is 0 Å². The van der Waals surface area contributed by atoms with Gasteiger partial charge < -0.3 is 4.74 Å². The molecule has 0 bridgehead atoms. The Kier molecular flexibility index (Phi) is 2.84. The zero-order valence-corrected chi connectivity index (χ0v) is 8.47. The summed E-state index contributed by atoms with van der Waals surface area (Å²) in [5.41, 5.74) is 0. The summed E-state index contributed by atoms with van der Waals surface area (Å²) in [6, 6.07) is 4.47. The van der Waals surface area contributed by atoms with E-state index in [1.54, 1.807) is 6.07 Å². The molecule has 0 aliphatic heterocycles. The second kappa shape index (κ2) is 3.57. The van der Waals surface area contributed by atoms with E-state index in [2.05, 4.69) is 12.6 Å². The Morgan fingerprint density at radius 2 is 2.08 bits per heavy atom. The van der Waals surface area contributed by atoms with Crippen molar-refractivity contribution in [2.24, 2.45) is 0 Å². The van der Waals surface area contributed by atoms with Gasteiger partial charge in [0.2, 0.25) is 0 Å². The van der Waals surface area contributed by atoms with Crippen molar-refractivity contribution < 1.29 is 17.7 Å². The highest BCUT2D eigenvalue weighted by Crippen LogP contribution is 2.29. The van der Waals surface area contributed by atoms with Gasteiger partial charge in [0.05, 0.1) is 7.11 Å². The van der Waals surface area contributed by atoms with Gasteiger partial charge in [-0.1, -0.05) is 6.07 Å². The van der Waals surface area contributed by atoms with E-state index in [4.69, 9.17) is 9.29 Å². The summed E-state index contributed by atoms with van der Waals surface area (Å²) in [6.07, 6.45) is 0. The smallest absolute Gasteiger partial charge is 0.299 e. The molecule has 1 aromatic rings. The average molecular weight is 220 g/mol. The van der Waals surface area contributed by atoms with Gasteiger partial charge in [-0.25, -0.2) is 0 Å². The fraction of sp³-hybridized carbons (Fsp3) is 0.143. The Morgan fingerprint density at radius 1 is 1.46 bits per heavy atom. The molecule has 0 aliphatic rings. The van der Waals surface area contributed by atoms with Crippen molar-refractivity contribution >= 4 is 22.7 Å². The van der Waals surface area contributed by atoms with Gasteiger partial charge in [0.1, 0.15) is 10.6 Å². The van der Waals surface area contributed by atoms with E-state index in [1.807, 2.05) is 0 Å². The highest BCUT2D eigenvalue weighted by Gasteiger charge is 2.19. The van der Waals surface area contributed by atoms with E-state index in [9.17, 15) is 8.42 Å². The number of hydrogen-bond acceptors (Lipinski definition) is 4. The van der Waals surface area contributed by atoms with E-state index in [1.165, 1.54) is 19.2 Å². The molecule has 1 aromatic carbocycles. The van der Waals surface area contributed by atoms with Crippen LogP contribution in [0.15, 0.2) is 28.0 Å². The Hall–Kier alpha value is -0.720. The van der Waals surface area contributed by atoms with Gasteiger partial charge in [0, 0.05) is 4.90 Å². The molecule has 0 atom stereocenters. The van der Waals surface area contributed by atoms with E-state index in [0.717, 1.165) is 0 Å². The Labute approximate surface area is 81.7 Å². The third kappa shape index (κ3) is 2.15. The minimum atomic E-state index is -4.28. The van der Waals surface area contributed by atoms with Crippen LogP contribution in [0.25, 0.3) is 0 Å². The summed E-state index contributed by atoms with van der Waals surface area (Å²) in [6.45, 7) is 0. The molecule has 0 amide bonds. The summed E-state index contributed by atoms with van der Waals surface area (Å²) in [4.78, 5) is -0.150. The quantitative estimate of drug-likeness (QED) is 0.581. The zero-order valence-electron chi connectivity index (χ0n) is 6.76. The third-order valence-corrected chi connectivity index (χ3v) is 2.90.